The molecule has 9 nitrogen and oxygen atoms in total. The fraction of sp³-hybridized carbons (Fsp3) is 0.185. The fourth-order valence-electron chi connectivity index (χ4n) is 3.83. The SMILES string of the molecule is CCOc1cc([C@H]2Nc3ccccc3-c3nnc(SCc4ccccc4F)nc3O2)ccc1OCC(=O)O. The summed E-state index contributed by atoms with van der Waals surface area (Å²) >= 11 is 1.25. The summed E-state index contributed by atoms with van der Waals surface area (Å²) in [5.74, 6) is -0.0874. The molecular weight excluding hydrogens is 511 g/mol. The number of carboxylic acids is 1. The second-order valence-corrected chi connectivity index (χ2v) is 9.08. The lowest BCUT2D eigenvalue weighted by molar-refractivity contribution is -0.139. The summed E-state index contributed by atoms with van der Waals surface area (Å²) in [7, 11) is 0. The Morgan fingerprint density at radius 2 is 1.89 bits per heavy atom. The molecule has 3 aromatic carbocycles. The first-order valence-electron chi connectivity index (χ1n) is 11.8. The van der Waals surface area contributed by atoms with Gasteiger partial charge in [0.05, 0.1) is 6.61 Å². The Morgan fingerprint density at radius 1 is 1.08 bits per heavy atom. The summed E-state index contributed by atoms with van der Waals surface area (Å²) in [5.41, 5.74) is 3.23. The van der Waals surface area contributed by atoms with E-state index in [1.165, 1.54) is 17.8 Å². The highest BCUT2D eigenvalue weighted by atomic mass is 32.2. The third kappa shape index (κ3) is 5.62. The zero-order valence-electron chi connectivity index (χ0n) is 20.3. The molecule has 4 aromatic rings. The first-order valence-corrected chi connectivity index (χ1v) is 12.7. The van der Waals surface area contributed by atoms with Gasteiger partial charge in [-0.15, -0.1) is 10.2 Å². The molecule has 0 saturated heterocycles. The van der Waals surface area contributed by atoms with Crippen LogP contribution in [0.5, 0.6) is 17.4 Å². The number of hydrogen-bond donors (Lipinski definition) is 2. The number of anilines is 1. The van der Waals surface area contributed by atoms with Crippen LogP contribution in [0.3, 0.4) is 0 Å². The lowest BCUT2D eigenvalue weighted by Crippen LogP contribution is -2.17. The normalized spacial score (nSPS) is 13.8. The van der Waals surface area contributed by atoms with Gasteiger partial charge in [-0.25, -0.2) is 9.18 Å². The summed E-state index contributed by atoms with van der Waals surface area (Å²) in [6, 6.07) is 19.2. The van der Waals surface area contributed by atoms with Crippen LogP contribution in [0.25, 0.3) is 11.3 Å². The van der Waals surface area contributed by atoms with E-state index in [2.05, 4.69) is 20.5 Å². The molecule has 0 amide bonds. The van der Waals surface area contributed by atoms with Crippen LogP contribution in [-0.4, -0.2) is 39.5 Å². The van der Waals surface area contributed by atoms with E-state index in [-0.39, 0.29) is 11.7 Å². The van der Waals surface area contributed by atoms with Crippen LogP contribution >= 0.6 is 11.8 Å². The van der Waals surface area contributed by atoms with Crippen molar-refractivity contribution in [1.29, 1.82) is 0 Å². The van der Waals surface area contributed by atoms with Gasteiger partial charge in [0.1, 0.15) is 5.82 Å². The van der Waals surface area contributed by atoms with Gasteiger partial charge in [-0.1, -0.05) is 48.2 Å². The molecule has 2 heterocycles. The Morgan fingerprint density at radius 3 is 2.71 bits per heavy atom. The number of para-hydroxylation sites is 1. The number of rotatable bonds is 9. The quantitative estimate of drug-likeness (QED) is 0.273. The summed E-state index contributed by atoms with van der Waals surface area (Å²) in [6.07, 6.45) is -0.689. The number of hydrogen-bond acceptors (Lipinski definition) is 9. The van der Waals surface area contributed by atoms with Crippen molar-refractivity contribution in [2.24, 2.45) is 0 Å². The first-order chi connectivity index (χ1) is 18.5. The lowest BCUT2D eigenvalue weighted by atomic mass is 10.1. The molecular formula is C27H23FN4O5S. The topological polar surface area (TPSA) is 116 Å². The van der Waals surface area contributed by atoms with E-state index in [4.69, 9.17) is 19.3 Å². The van der Waals surface area contributed by atoms with E-state index >= 15 is 0 Å². The lowest BCUT2D eigenvalue weighted by Gasteiger charge is -2.21. The molecule has 0 unspecified atom stereocenters. The number of carboxylic acid groups (broad SMARTS) is 1. The average Bonchev–Trinajstić information content (AvgIpc) is 3.08. The standard InChI is InChI=1S/C27H23FN4O5S/c1-2-35-22-13-16(11-12-21(22)36-14-23(33)34)25-29-20-10-6-4-8-18(20)24-26(37-25)30-27(32-31-24)38-15-17-7-3-5-9-19(17)28/h3-13,25,29H,2,14-15H2,1H3,(H,33,34)/t25-/m0/s1. The number of aliphatic carboxylic acids is 1. The van der Waals surface area contributed by atoms with Crippen molar-refractivity contribution in [1.82, 2.24) is 15.2 Å². The number of halogens is 1. The third-order valence-corrected chi connectivity index (χ3v) is 6.46. The van der Waals surface area contributed by atoms with Crippen LogP contribution in [-0.2, 0) is 10.5 Å². The number of nitrogens with one attached hydrogen (secondary N) is 1. The van der Waals surface area contributed by atoms with Gasteiger partial charge in [-0.3, -0.25) is 0 Å². The number of aromatic nitrogens is 3. The van der Waals surface area contributed by atoms with Gasteiger partial charge in [0, 0.05) is 22.6 Å². The van der Waals surface area contributed by atoms with Crippen molar-refractivity contribution in [3.8, 4) is 28.6 Å². The Hall–Kier alpha value is -4.38. The van der Waals surface area contributed by atoms with Crippen molar-refractivity contribution in [2.45, 2.75) is 24.1 Å². The van der Waals surface area contributed by atoms with E-state index < -0.39 is 18.8 Å². The summed E-state index contributed by atoms with van der Waals surface area (Å²) in [5, 5.41) is 21.3. The zero-order valence-corrected chi connectivity index (χ0v) is 21.1. The fourth-order valence-corrected chi connectivity index (χ4v) is 4.60. The molecule has 1 aliphatic heterocycles. The molecule has 194 valence electrons. The molecule has 1 aromatic heterocycles. The van der Waals surface area contributed by atoms with Crippen molar-refractivity contribution in [3.63, 3.8) is 0 Å². The number of nitrogens with zero attached hydrogens (tertiary/aromatic N) is 3. The zero-order chi connectivity index (χ0) is 26.5. The molecule has 1 atom stereocenters. The second kappa shape index (κ2) is 11.3. The number of benzene rings is 3. The van der Waals surface area contributed by atoms with E-state index in [9.17, 15) is 9.18 Å². The first kappa shape index (κ1) is 25.3. The monoisotopic (exact) mass is 534 g/mol. The Bertz CT molecular complexity index is 1470. The molecule has 38 heavy (non-hydrogen) atoms. The van der Waals surface area contributed by atoms with Crippen LogP contribution in [0.15, 0.2) is 71.9 Å². The van der Waals surface area contributed by atoms with E-state index in [0.717, 1.165) is 11.3 Å². The maximum atomic E-state index is 14.1. The van der Waals surface area contributed by atoms with Crippen molar-refractivity contribution in [2.75, 3.05) is 18.5 Å². The molecule has 1 aliphatic rings. The van der Waals surface area contributed by atoms with Gasteiger partial charge in [0.15, 0.2) is 30.0 Å². The Balaban J connectivity index is 1.47. The molecule has 0 bridgehead atoms. The molecule has 5 rings (SSSR count). The van der Waals surface area contributed by atoms with Crippen LogP contribution < -0.4 is 19.5 Å². The predicted molar refractivity (Wildman–Crippen MR) is 139 cm³/mol. The average molecular weight is 535 g/mol. The number of ether oxygens (including phenoxy) is 3. The van der Waals surface area contributed by atoms with Gasteiger partial charge in [0.2, 0.25) is 11.0 Å². The van der Waals surface area contributed by atoms with E-state index in [1.54, 1.807) is 36.4 Å². The number of fused-ring (bicyclic) bond motifs is 3. The van der Waals surface area contributed by atoms with Crippen LogP contribution in [0.4, 0.5) is 10.1 Å². The third-order valence-electron chi connectivity index (χ3n) is 5.57. The Labute approximate surface area is 222 Å². The summed E-state index contributed by atoms with van der Waals surface area (Å²) in [4.78, 5) is 15.6. The van der Waals surface area contributed by atoms with Gasteiger partial charge in [0.25, 0.3) is 0 Å². The van der Waals surface area contributed by atoms with Crippen LogP contribution in [0, 0.1) is 5.82 Å². The van der Waals surface area contributed by atoms with Crippen LogP contribution in [0.2, 0.25) is 0 Å². The molecule has 11 heteroatoms. The summed E-state index contributed by atoms with van der Waals surface area (Å²) < 4.78 is 31.5. The highest BCUT2D eigenvalue weighted by molar-refractivity contribution is 7.98. The van der Waals surface area contributed by atoms with Gasteiger partial charge < -0.3 is 24.6 Å². The van der Waals surface area contributed by atoms with Crippen molar-refractivity contribution < 1.29 is 28.5 Å². The highest BCUT2D eigenvalue weighted by Crippen LogP contribution is 2.41. The van der Waals surface area contributed by atoms with Gasteiger partial charge in [-0.05, 0) is 42.8 Å². The maximum Gasteiger partial charge on any atom is 0.341 e. The van der Waals surface area contributed by atoms with Crippen molar-refractivity contribution in [3.05, 3.63) is 83.7 Å². The smallest absolute Gasteiger partial charge is 0.341 e. The van der Waals surface area contributed by atoms with Gasteiger partial charge >= 0.3 is 5.97 Å². The summed E-state index contributed by atoms with van der Waals surface area (Å²) in [6.45, 7) is 1.69. The second-order valence-electron chi connectivity index (χ2n) is 8.14. The Kier molecular flexibility index (Phi) is 7.55. The molecule has 0 radical (unpaired) electrons. The molecule has 0 saturated carbocycles. The molecule has 0 aliphatic carbocycles. The molecule has 2 N–H and O–H groups in total. The minimum absolute atomic E-state index is 0.266. The van der Waals surface area contributed by atoms with Crippen LogP contribution in [0.1, 0.15) is 24.3 Å². The maximum absolute atomic E-state index is 14.1. The van der Waals surface area contributed by atoms with Gasteiger partial charge in [-0.2, -0.15) is 4.98 Å². The molecule has 0 fully saturated rings. The highest BCUT2D eigenvalue weighted by Gasteiger charge is 2.27. The molecule has 0 spiro atoms. The van der Waals surface area contributed by atoms with E-state index in [0.29, 0.717) is 45.8 Å². The minimum atomic E-state index is -1.09. The van der Waals surface area contributed by atoms with Crippen molar-refractivity contribution >= 4 is 23.4 Å². The largest absolute Gasteiger partial charge is 0.490 e. The van der Waals surface area contributed by atoms with E-state index in [1.807, 2.05) is 31.2 Å². The minimum Gasteiger partial charge on any atom is -0.490 e. The predicted octanol–water partition coefficient (Wildman–Crippen LogP) is 5.34. The number of thioether (sulfide) groups is 1. The number of carbonyl (C=O) groups is 1.